The highest BCUT2D eigenvalue weighted by atomic mass is 35.5. The van der Waals surface area contributed by atoms with E-state index < -0.39 is 0 Å². The Hall–Kier alpha value is -1.22. The third kappa shape index (κ3) is 5.92. The number of hydrogen-bond donors (Lipinski definition) is 1. The number of nitrogens with one attached hydrogen (secondary N) is 1. The maximum Gasteiger partial charge on any atom is 0.220 e. The van der Waals surface area contributed by atoms with Crippen molar-refractivity contribution in [3.05, 3.63) is 29.8 Å². The number of amides is 1. The molecule has 0 aliphatic carbocycles. The second-order valence-corrected chi connectivity index (χ2v) is 4.38. The van der Waals surface area contributed by atoms with Crippen LogP contribution in [0, 0.1) is 0 Å². The molecular weight excluding hydrogens is 250 g/mol. The average Bonchev–Trinajstić information content (AvgIpc) is 2.38. The Balaban J connectivity index is 2.33. The lowest BCUT2D eigenvalue weighted by Gasteiger charge is -2.07. The third-order valence-electron chi connectivity index (χ3n) is 2.49. The number of alkyl halides is 1. The molecule has 0 saturated heterocycles. The van der Waals surface area contributed by atoms with Gasteiger partial charge in [0.1, 0.15) is 5.75 Å². The van der Waals surface area contributed by atoms with Gasteiger partial charge < -0.3 is 10.1 Å². The van der Waals surface area contributed by atoms with E-state index in [9.17, 15) is 4.79 Å². The van der Waals surface area contributed by atoms with E-state index in [0.29, 0.717) is 25.5 Å². The second kappa shape index (κ2) is 8.81. The summed E-state index contributed by atoms with van der Waals surface area (Å²) in [5, 5.41) is 2.89. The number of carbonyl (C=O) groups excluding carboxylic acids is 1. The van der Waals surface area contributed by atoms with Crippen LogP contribution < -0.4 is 10.1 Å². The fourth-order valence-corrected chi connectivity index (χ4v) is 1.77. The second-order valence-electron chi connectivity index (χ2n) is 4.00. The minimum Gasteiger partial charge on any atom is -0.494 e. The Labute approximate surface area is 113 Å². The first-order valence-electron chi connectivity index (χ1n) is 6.30. The van der Waals surface area contributed by atoms with Crippen molar-refractivity contribution in [3.8, 4) is 5.75 Å². The van der Waals surface area contributed by atoms with E-state index in [-0.39, 0.29) is 5.91 Å². The molecular formula is C14H20ClNO2. The van der Waals surface area contributed by atoms with Gasteiger partial charge in [-0.05, 0) is 37.5 Å². The van der Waals surface area contributed by atoms with E-state index >= 15 is 0 Å². The predicted octanol–water partition coefficient (Wildman–Crippen LogP) is 3.11. The molecule has 1 N–H and O–H groups in total. The van der Waals surface area contributed by atoms with E-state index in [1.807, 2.05) is 31.2 Å². The first kappa shape index (κ1) is 14.8. The van der Waals surface area contributed by atoms with Gasteiger partial charge >= 0.3 is 0 Å². The Morgan fingerprint density at radius 3 is 2.94 bits per heavy atom. The molecule has 0 bridgehead atoms. The molecule has 100 valence electrons. The first-order valence-corrected chi connectivity index (χ1v) is 6.84. The Kier molecular flexibility index (Phi) is 7.26. The zero-order valence-corrected chi connectivity index (χ0v) is 11.5. The van der Waals surface area contributed by atoms with Gasteiger partial charge in [0.25, 0.3) is 0 Å². The molecule has 1 amide bonds. The molecule has 0 unspecified atom stereocenters. The van der Waals surface area contributed by atoms with Crippen LogP contribution in [-0.2, 0) is 11.3 Å². The van der Waals surface area contributed by atoms with Crippen LogP contribution in [0.2, 0.25) is 0 Å². The summed E-state index contributed by atoms with van der Waals surface area (Å²) in [7, 11) is 0. The Morgan fingerprint density at radius 2 is 2.22 bits per heavy atom. The molecule has 4 heteroatoms. The topological polar surface area (TPSA) is 38.3 Å². The molecule has 18 heavy (non-hydrogen) atoms. The standard InChI is InChI=1S/C14H20ClNO2/c1-2-18-13-7-5-6-12(10-13)11-16-14(17)8-3-4-9-15/h5-7,10H,2-4,8-9,11H2,1H3,(H,16,17). The summed E-state index contributed by atoms with van der Waals surface area (Å²) in [6, 6.07) is 7.76. The van der Waals surface area contributed by atoms with Gasteiger partial charge in [0.15, 0.2) is 0 Å². The molecule has 1 rings (SSSR count). The van der Waals surface area contributed by atoms with Crippen LogP contribution in [0.4, 0.5) is 0 Å². The van der Waals surface area contributed by atoms with Gasteiger partial charge in [-0.2, -0.15) is 0 Å². The number of unbranched alkanes of at least 4 members (excludes halogenated alkanes) is 1. The largest absolute Gasteiger partial charge is 0.494 e. The van der Waals surface area contributed by atoms with E-state index in [1.165, 1.54) is 0 Å². The summed E-state index contributed by atoms with van der Waals surface area (Å²) in [4.78, 5) is 11.5. The quantitative estimate of drug-likeness (QED) is 0.582. The zero-order chi connectivity index (χ0) is 13.2. The molecule has 0 radical (unpaired) electrons. The highest BCUT2D eigenvalue weighted by Crippen LogP contribution is 2.13. The van der Waals surface area contributed by atoms with Crippen molar-refractivity contribution < 1.29 is 9.53 Å². The average molecular weight is 270 g/mol. The number of ether oxygens (including phenoxy) is 1. The van der Waals surface area contributed by atoms with Crippen molar-refractivity contribution in [2.75, 3.05) is 12.5 Å². The predicted molar refractivity (Wildman–Crippen MR) is 74.0 cm³/mol. The van der Waals surface area contributed by atoms with Gasteiger partial charge in [-0.25, -0.2) is 0 Å². The van der Waals surface area contributed by atoms with Crippen molar-refractivity contribution in [2.45, 2.75) is 32.7 Å². The maximum atomic E-state index is 11.5. The van der Waals surface area contributed by atoms with Crippen LogP contribution in [-0.4, -0.2) is 18.4 Å². The smallest absolute Gasteiger partial charge is 0.220 e. The fraction of sp³-hybridized carbons (Fsp3) is 0.500. The van der Waals surface area contributed by atoms with Gasteiger partial charge in [0.05, 0.1) is 6.61 Å². The van der Waals surface area contributed by atoms with Crippen molar-refractivity contribution in [1.29, 1.82) is 0 Å². The maximum absolute atomic E-state index is 11.5. The monoisotopic (exact) mass is 269 g/mol. The summed E-state index contributed by atoms with van der Waals surface area (Å²) < 4.78 is 5.41. The number of hydrogen-bond acceptors (Lipinski definition) is 2. The molecule has 0 aromatic heterocycles. The molecule has 0 aliphatic heterocycles. The highest BCUT2D eigenvalue weighted by molar-refractivity contribution is 6.17. The summed E-state index contributed by atoms with van der Waals surface area (Å²) >= 11 is 5.56. The van der Waals surface area contributed by atoms with Crippen LogP contribution in [0.15, 0.2) is 24.3 Å². The molecule has 0 saturated carbocycles. The van der Waals surface area contributed by atoms with Crippen molar-refractivity contribution in [2.24, 2.45) is 0 Å². The SMILES string of the molecule is CCOc1cccc(CNC(=O)CCCCCl)c1. The minimum atomic E-state index is 0.0712. The Morgan fingerprint density at radius 1 is 1.39 bits per heavy atom. The van der Waals surface area contributed by atoms with Gasteiger partial charge in [0.2, 0.25) is 5.91 Å². The lowest BCUT2D eigenvalue weighted by atomic mass is 10.2. The van der Waals surface area contributed by atoms with Crippen LogP contribution in [0.1, 0.15) is 31.7 Å². The molecule has 0 fully saturated rings. The van der Waals surface area contributed by atoms with E-state index in [1.54, 1.807) is 0 Å². The Bertz CT molecular complexity index is 369. The van der Waals surface area contributed by atoms with Crippen LogP contribution in [0.3, 0.4) is 0 Å². The lowest BCUT2D eigenvalue weighted by molar-refractivity contribution is -0.121. The number of halogens is 1. The van der Waals surface area contributed by atoms with Crippen LogP contribution in [0.25, 0.3) is 0 Å². The summed E-state index contributed by atoms with van der Waals surface area (Å²) in [5.41, 5.74) is 1.05. The lowest BCUT2D eigenvalue weighted by Crippen LogP contribution is -2.22. The van der Waals surface area contributed by atoms with E-state index in [2.05, 4.69) is 5.32 Å². The third-order valence-corrected chi connectivity index (χ3v) is 2.75. The molecule has 0 aliphatic rings. The van der Waals surface area contributed by atoms with Crippen molar-refractivity contribution >= 4 is 17.5 Å². The van der Waals surface area contributed by atoms with Crippen LogP contribution >= 0.6 is 11.6 Å². The van der Waals surface area contributed by atoms with Gasteiger partial charge in [-0.3, -0.25) is 4.79 Å². The van der Waals surface area contributed by atoms with Gasteiger partial charge in [-0.1, -0.05) is 12.1 Å². The fourth-order valence-electron chi connectivity index (χ4n) is 1.58. The molecule has 0 heterocycles. The normalized spacial score (nSPS) is 10.1. The van der Waals surface area contributed by atoms with E-state index in [0.717, 1.165) is 24.2 Å². The summed E-state index contributed by atoms with van der Waals surface area (Å²) in [6.07, 6.45) is 2.26. The molecule has 0 atom stereocenters. The molecule has 3 nitrogen and oxygen atoms in total. The summed E-state index contributed by atoms with van der Waals surface area (Å²) in [5.74, 6) is 1.53. The van der Waals surface area contributed by atoms with Gasteiger partial charge in [-0.15, -0.1) is 11.6 Å². The van der Waals surface area contributed by atoms with E-state index in [4.69, 9.17) is 16.3 Å². The summed E-state index contributed by atoms with van der Waals surface area (Å²) in [6.45, 7) is 3.14. The number of benzene rings is 1. The first-order chi connectivity index (χ1) is 8.76. The highest BCUT2D eigenvalue weighted by Gasteiger charge is 2.02. The number of rotatable bonds is 8. The van der Waals surface area contributed by atoms with Gasteiger partial charge in [0, 0.05) is 18.8 Å². The minimum absolute atomic E-state index is 0.0712. The number of carbonyl (C=O) groups is 1. The van der Waals surface area contributed by atoms with Crippen molar-refractivity contribution in [1.82, 2.24) is 5.32 Å². The van der Waals surface area contributed by atoms with Crippen LogP contribution in [0.5, 0.6) is 5.75 Å². The van der Waals surface area contributed by atoms with Crippen molar-refractivity contribution in [3.63, 3.8) is 0 Å². The molecule has 1 aromatic rings. The molecule has 0 spiro atoms. The zero-order valence-electron chi connectivity index (χ0n) is 10.7. The molecule has 1 aromatic carbocycles.